The lowest BCUT2D eigenvalue weighted by atomic mass is 10.3. The molecular weight excluding hydrogens is 334 g/mol. The Kier molecular flexibility index (Phi) is 4.34. The van der Waals surface area contributed by atoms with Crippen LogP contribution in [0.2, 0.25) is 0 Å². The number of aliphatic hydroxyl groups is 1. The van der Waals surface area contributed by atoms with Crippen LogP contribution < -0.4 is 4.74 Å². The maximum atomic E-state index is 12.5. The molecule has 0 saturated carbocycles. The summed E-state index contributed by atoms with van der Waals surface area (Å²) in [5, 5.41) is 14.3. The topological polar surface area (TPSA) is 85.4 Å². The zero-order valence-electron chi connectivity index (χ0n) is 14.5. The van der Waals surface area contributed by atoms with Gasteiger partial charge in [-0.15, -0.1) is 0 Å². The van der Waals surface area contributed by atoms with E-state index in [0.29, 0.717) is 25.3 Å². The Hall–Kier alpha value is -2.87. The second kappa shape index (κ2) is 6.80. The smallest absolute Gasteiger partial charge is 0.224 e. The molecule has 0 radical (unpaired) electrons. The van der Waals surface area contributed by atoms with E-state index >= 15 is 0 Å². The summed E-state index contributed by atoms with van der Waals surface area (Å²) in [7, 11) is 1.80. The van der Waals surface area contributed by atoms with Crippen LogP contribution in [0, 0.1) is 0 Å². The number of para-hydroxylation sites is 2. The highest BCUT2D eigenvalue weighted by atomic mass is 16.5. The minimum absolute atomic E-state index is 0.000817. The number of β-amino-alcohol motifs (C(OH)–C–C–N with tert-alkyl or cyclic N) is 1. The second-order valence-electron chi connectivity index (χ2n) is 6.55. The molecule has 0 aliphatic carbocycles. The Balaban J connectivity index is 1.35. The Labute approximate surface area is 150 Å². The van der Waals surface area contributed by atoms with Gasteiger partial charge in [0.2, 0.25) is 5.91 Å². The Morgan fingerprint density at radius 2 is 2.19 bits per heavy atom. The second-order valence-corrected chi connectivity index (χ2v) is 6.55. The summed E-state index contributed by atoms with van der Waals surface area (Å²) < 4.78 is 9.36. The number of hydrogen-bond acceptors (Lipinski definition) is 5. The van der Waals surface area contributed by atoms with Crippen molar-refractivity contribution in [3.8, 4) is 5.75 Å². The third kappa shape index (κ3) is 3.28. The Morgan fingerprint density at radius 3 is 3.00 bits per heavy atom. The average Bonchev–Trinajstić information content (AvgIpc) is 3.33. The molecule has 0 spiro atoms. The molecular formula is C18H21N5O3. The molecule has 1 amide bonds. The number of ether oxygens (including phenoxy) is 1. The number of amides is 1. The molecule has 3 aromatic rings. The number of imidazole rings is 1. The molecule has 0 unspecified atom stereocenters. The van der Waals surface area contributed by atoms with E-state index in [2.05, 4.69) is 10.1 Å². The van der Waals surface area contributed by atoms with Crippen molar-refractivity contribution in [2.45, 2.75) is 25.2 Å². The third-order valence-electron chi connectivity index (χ3n) is 4.65. The van der Waals surface area contributed by atoms with Crippen LogP contribution >= 0.6 is 0 Å². The fourth-order valence-corrected chi connectivity index (χ4v) is 3.27. The predicted molar refractivity (Wildman–Crippen MR) is 94.6 cm³/mol. The van der Waals surface area contributed by atoms with Crippen LogP contribution in [0.1, 0.15) is 6.42 Å². The van der Waals surface area contributed by atoms with Crippen molar-refractivity contribution >= 4 is 16.9 Å². The maximum Gasteiger partial charge on any atom is 0.224 e. The molecule has 1 aliphatic heterocycles. The minimum atomic E-state index is -0.701. The summed E-state index contributed by atoms with van der Waals surface area (Å²) in [5.41, 5.74) is 1.93. The van der Waals surface area contributed by atoms with Gasteiger partial charge in [-0.1, -0.05) is 12.1 Å². The van der Waals surface area contributed by atoms with Crippen molar-refractivity contribution in [1.29, 1.82) is 0 Å². The number of benzene rings is 1. The number of aryl methyl sites for hydroxylation is 2. The first-order chi connectivity index (χ1) is 12.6. The van der Waals surface area contributed by atoms with Crippen LogP contribution in [0.5, 0.6) is 5.75 Å². The molecule has 8 nitrogen and oxygen atoms in total. The fraction of sp³-hybridized carbons (Fsp3) is 0.389. The van der Waals surface area contributed by atoms with Gasteiger partial charge in [0.05, 0.1) is 42.8 Å². The summed E-state index contributed by atoms with van der Waals surface area (Å²) in [4.78, 5) is 18.5. The number of nitrogens with zero attached hydrogens (tertiary/aromatic N) is 5. The van der Waals surface area contributed by atoms with Gasteiger partial charge in [0, 0.05) is 20.0 Å². The van der Waals surface area contributed by atoms with Crippen molar-refractivity contribution in [3.05, 3.63) is 43.0 Å². The molecule has 1 saturated heterocycles. The molecule has 1 aliphatic rings. The average molecular weight is 355 g/mol. The molecule has 0 bridgehead atoms. The van der Waals surface area contributed by atoms with E-state index in [1.54, 1.807) is 35.4 Å². The number of rotatable bonds is 5. The first-order valence-electron chi connectivity index (χ1n) is 8.61. The first kappa shape index (κ1) is 16.6. The van der Waals surface area contributed by atoms with Crippen LogP contribution in [0.15, 0.2) is 43.0 Å². The lowest BCUT2D eigenvalue weighted by molar-refractivity contribution is -0.130. The van der Waals surface area contributed by atoms with E-state index < -0.39 is 12.2 Å². The van der Waals surface area contributed by atoms with E-state index in [9.17, 15) is 9.90 Å². The normalized spacial score (nSPS) is 20.0. The fourth-order valence-electron chi connectivity index (χ4n) is 3.27. The first-order valence-corrected chi connectivity index (χ1v) is 8.61. The van der Waals surface area contributed by atoms with Crippen LogP contribution in [-0.2, 0) is 18.4 Å². The molecule has 136 valence electrons. The zero-order valence-corrected chi connectivity index (χ0v) is 14.5. The van der Waals surface area contributed by atoms with Gasteiger partial charge in [-0.25, -0.2) is 4.98 Å². The van der Waals surface area contributed by atoms with Gasteiger partial charge in [0.25, 0.3) is 0 Å². The number of carbonyl (C=O) groups is 1. The van der Waals surface area contributed by atoms with Gasteiger partial charge in [-0.05, 0) is 12.1 Å². The molecule has 8 heteroatoms. The van der Waals surface area contributed by atoms with Gasteiger partial charge >= 0.3 is 0 Å². The van der Waals surface area contributed by atoms with E-state index in [1.165, 1.54) is 0 Å². The molecule has 1 fully saturated rings. The van der Waals surface area contributed by atoms with Crippen molar-refractivity contribution in [3.63, 3.8) is 0 Å². The van der Waals surface area contributed by atoms with Crippen LogP contribution in [0.25, 0.3) is 11.0 Å². The molecule has 26 heavy (non-hydrogen) atoms. The van der Waals surface area contributed by atoms with E-state index in [4.69, 9.17) is 4.74 Å². The van der Waals surface area contributed by atoms with Crippen molar-refractivity contribution in [1.82, 2.24) is 24.2 Å². The Bertz CT molecular complexity index is 918. The largest absolute Gasteiger partial charge is 0.482 e. The number of fused-ring (bicyclic) bond motifs is 1. The molecule has 1 aromatic carbocycles. The number of aromatic nitrogens is 4. The summed E-state index contributed by atoms with van der Waals surface area (Å²) >= 11 is 0. The van der Waals surface area contributed by atoms with Gasteiger partial charge < -0.3 is 19.3 Å². The van der Waals surface area contributed by atoms with Gasteiger partial charge in [-0.2, -0.15) is 5.10 Å². The standard InChI is InChI=1S/C18H21N5O3/c1-21-9-13(8-20-21)26-17-11-23(10-16(17)24)18(25)6-7-22-12-19-14-4-2-3-5-15(14)22/h2-5,8-9,12,16-17,24H,6-7,10-11H2,1H3/t16-,17-/m1/s1. The number of carbonyl (C=O) groups excluding carboxylic acids is 1. The highest BCUT2D eigenvalue weighted by Crippen LogP contribution is 2.19. The predicted octanol–water partition coefficient (Wildman–Crippen LogP) is 0.811. The van der Waals surface area contributed by atoms with Crippen LogP contribution in [0.4, 0.5) is 0 Å². The third-order valence-corrected chi connectivity index (χ3v) is 4.65. The van der Waals surface area contributed by atoms with Gasteiger partial charge in [-0.3, -0.25) is 9.48 Å². The summed E-state index contributed by atoms with van der Waals surface area (Å²) in [5.74, 6) is 0.592. The van der Waals surface area contributed by atoms with Crippen LogP contribution in [0.3, 0.4) is 0 Å². The number of hydrogen-bond donors (Lipinski definition) is 1. The highest BCUT2D eigenvalue weighted by Gasteiger charge is 2.35. The zero-order chi connectivity index (χ0) is 18.1. The molecule has 2 atom stereocenters. The quantitative estimate of drug-likeness (QED) is 0.732. The lowest BCUT2D eigenvalue weighted by Gasteiger charge is -2.16. The van der Waals surface area contributed by atoms with Crippen molar-refractivity contribution in [2.24, 2.45) is 7.05 Å². The summed E-state index contributed by atoms with van der Waals surface area (Å²) in [6, 6.07) is 7.84. The minimum Gasteiger partial charge on any atom is -0.482 e. The lowest BCUT2D eigenvalue weighted by Crippen LogP contribution is -2.31. The van der Waals surface area contributed by atoms with Gasteiger partial charge in [0.15, 0.2) is 5.75 Å². The molecule has 3 heterocycles. The SMILES string of the molecule is Cn1cc(O[C@@H]2CN(C(=O)CCn3cnc4ccccc43)C[C@H]2O)cn1. The van der Waals surface area contributed by atoms with Crippen molar-refractivity contribution in [2.75, 3.05) is 13.1 Å². The van der Waals surface area contributed by atoms with E-state index in [0.717, 1.165) is 11.0 Å². The maximum absolute atomic E-state index is 12.5. The Morgan fingerprint density at radius 1 is 1.35 bits per heavy atom. The monoisotopic (exact) mass is 355 g/mol. The van der Waals surface area contributed by atoms with Gasteiger partial charge in [0.1, 0.15) is 12.2 Å². The summed E-state index contributed by atoms with van der Waals surface area (Å²) in [6.07, 6.45) is 4.31. The van der Waals surface area contributed by atoms with E-state index in [1.807, 2.05) is 28.8 Å². The number of aliphatic hydroxyl groups excluding tert-OH is 1. The van der Waals surface area contributed by atoms with Crippen LogP contribution in [-0.4, -0.2) is 60.5 Å². The summed E-state index contributed by atoms with van der Waals surface area (Å²) in [6.45, 7) is 1.22. The van der Waals surface area contributed by atoms with Crippen molar-refractivity contribution < 1.29 is 14.6 Å². The molecule has 4 rings (SSSR count). The van der Waals surface area contributed by atoms with E-state index in [-0.39, 0.29) is 12.5 Å². The molecule has 2 aromatic heterocycles. The highest BCUT2D eigenvalue weighted by molar-refractivity contribution is 5.78. The number of likely N-dealkylation sites (tertiary alicyclic amines) is 1. The molecule has 1 N–H and O–H groups in total.